The molecule has 4 nitrogen and oxygen atoms in total. The smallest absolute Gasteiger partial charge is 0.234 e. The molecular formula is C19H19ClN2O2. The summed E-state index contributed by atoms with van der Waals surface area (Å²) in [6, 6.07) is 16.1. The highest BCUT2D eigenvalue weighted by Crippen LogP contribution is 2.31. The van der Waals surface area contributed by atoms with Crippen molar-refractivity contribution in [2.24, 2.45) is 0 Å². The van der Waals surface area contributed by atoms with Crippen molar-refractivity contribution in [3.63, 3.8) is 0 Å². The number of benzene rings is 2. The van der Waals surface area contributed by atoms with Gasteiger partial charge in [0.1, 0.15) is 11.6 Å². The summed E-state index contributed by atoms with van der Waals surface area (Å²) in [7, 11) is 1.65. The average Bonchev–Trinajstić information content (AvgIpc) is 3.06. The van der Waals surface area contributed by atoms with Crippen molar-refractivity contribution < 1.29 is 9.53 Å². The quantitative estimate of drug-likeness (QED) is 0.672. The zero-order chi connectivity index (χ0) is 16.9. The van der Waals surface area contributed by atoms with E-state index < -0.39 is 0 Å². The second-order valence-corrected chi connectivity index (χ2v) is 5.82. The predicted octanol–water partition coefficient (Wildman–Crippen LogP) is 3.66. The number of amides is 1. The van der Waals surface area contributed by atoms with Crippen LogP contribution in [0.4, 0.5) is 0 Å². The van der Waals surface area contributed by atoms with Gasteiger partial charge in [-0.25, -0.2) is 0 Å². The molecule has 0 radical (unpaired) electrons. The van der Waals surface area contributed by atoms with Crippen molar-refractivity contribution >= 4 is 28.4 Å². The molecule has 0 bridgehead atoms. The van der Waals surface area contributed by atoms with Gasteiger partial charge in [-0.1, -0.05) is 30.3 Å². The maximum absolute atomic E-state index is 11.6. The number of alkyl halides is 1. The van der Waals surface area contributed by atoms with E-state index in [1.165, 1.54) is 0 Å². The van der Waals surface area contributed by atoms with E-state index >= 15 is 0 Å². The summed E-state index contributed by atoms with van der Waals surface area (Å²) in [5.74, 6) is 0.624. The van der Waals surface area contributed by atoms with Crippen LogP contribution in [0.25, 0.3) is 10.9 Å². The van der Waals surface area contributed by atoms with Gasteiger partial charge < -0.3 is 15.0 Å². The molecule has 0 saturated heterocycles. The summed E-state index contributed by atoms with van der Waals surface area (Å²) in [6.45, 7) is 0.486. The molecule has 0 saturated carbocycles. The van der Waals surface area contributed by atoms with E-state index in [-0.39, 0.29) is 17.7 Å². The molecule has 2 N–H and O–H groups in total. The number of carbonyl (C=O) groups excluding carboxylic acids is 1. The van der Waals surface area contributed by atoms with Crippen LogP contribution in [0.1, 0.15) is 17.0 Å². The molecule has 1 atom stereocenters. The lowest BCUT2D eigenvalue weighted by Crippen LogP contribution is -2.29. The molecular weight excluding hydrogens is 324 g/mol. The van der Waals surface area contributed by atoms with Gasteiger partial charge in [0.25, 0.3) is 0 Å². The van der Waals surface area contributed by atoms with Crippen molar-refractivity contribution in [1.82, 2.24) is 10.3 Å². The largest absolute Gasteiger partial charge is 0.497 e. The summed E-state index contributed by atoms with van der Waals surface area (Å²) in [5.41, 5.74) is 3.33. The number of aromatic nitrogens is 1. The first-order valence-corrected chi connectivity index (χ1v) is 8.29. The van der Waals surface area contributed by atoms with Gasteiger partial charge in [0.2, 0.25) is 5.91 Å². The van der Waals surface area contributed by atoms with Crippen molar-refractivity contribution in [2.75, 3.05) is 19.5 Å². The summed E-state index contributed by atoms with van der Waals surface area (Å²) in [6.07, 6.45) is 2.01. The van der Waals surface area contributed by atoms with Crippen LogP contribution in [-0.2, 0) is 4.79 Å². The van der Waals surface area contributed by atoms with Crippen LogP contribution in [0.3, 0.4) is 0 Å². The number of aromatic amines is 1. The SMILES string of the molecule is COc1ccc([C@H](CNC(=O)CCl)c2c[nH]c3ccccc23)cc1. The number of hydrogen-bond donors (Lipinski definition) is 2. The van der Waals surface area contributed by atoms with Crippen LogP contribution in [0.5, 0.6) is 5.75 Å². The molecule has 1 heterocycles. The highest BCUT2D eigenvalue weighted by atomic mass is 35.5. The minimum Gasteiger partial charge on any atom is -0.497 e. The van der Waals surface area contributed by atoms with Crippen molar-refractivity contribution in [2.45, 2.75) is 5.92 Å². The number of para-hydroxylation sites is 1. The normalized spacial score (nSPS) is 12.1. The fraction of sp³-hybridized carbons (Fsp3) is 0.211. The van der Waals surface area contributed by atoms with Crippen LogP contribution in [-0.4, -0.2) is 30.4 Å². The molecule has 0 aliphatic rings. The van der Waals surface area contributed by atoms with Gasteiger partial charge in [-0.2, -0.15) is 0 Å². The Bertz CT molecular complexity index is 827. The lowest BCUT2D eigenvalue weighted by molar-refractivity contribution is -0.118. The number of ether oxygens (including phenoxy) is 1. The third kappa shape index (κ3) is 3.39. The molecule has 124 valence electrons. The van der Waals surface area contributed by atoms with Crippen molar-refractivity contribution in [3.05, 3.63) is 65.9 Å². The summed E-state index contributed by atoms with van der Waals surface area (Å²) in [4.78, 5) is 14.9. The van der Waals surface area contributed by atoms with E-state index in [0.717, 1.165) is 27.8 Å². The molecule has 24 heavy (non-hydrogen) atoms. The molecule has 1 aromatic heterocycles. The van der Waals surface area contributed by atoms with Crippen LogP contribution in [0.2, 0.25) is 0 Å². The number of H-pyrrole nitrogens is 1. The summed E-state index contributed by atoms with van der Waals surface area (Å²) < 4.78 is 5.23. The zero-order valence-electron chi connectivity index (χ0n) is 13.4. The van der Waals surface area contributed by atoms with Crippen LogP contribution < -0.4 is 10.1 Å². The predicted molar refractivity (Wildman–Crippen MR) is 96.9 cm³/mol. The third-order valence-corrected chi connectivity index (χ3v) is 4.38. The number of hydrogen-bond acceptors (Lipinski definition) is 2. The molecule has 3 aromatic rings. The second kappa shape index (κ2) is 7.41. The van der Waals surface area contributed by atoms with Gasteiger partial charge in [0, 0.05) is 29.6 Å². The van der Waals surface area contributed by atoms with Crippen molar-refractivity contribution in [1.29, 1.82) is 0 Å². The fourth-order valence-corrected chi connectivity index (χ4v) is 2.98. The molecule has 3 rings (SSSR count). The fourth-order valence-electron chi connectivity index (χ4n) is 2.89. The monoisotopic (exact) mass is 342 g/mol. The maximum Gasteiger partial charge on any atom is 0.234 e. The van der Waals surface area contributed by atoms with E-state index in [9.17, 15) is 4.79 Å². The van der Waals surface area contributed by atoms with E-state index in [4.69, 9.17) is 16.3 Å². The first-order chi connectivity index (χ1) is 11.7. The van der Waals surface area contributed by atoms with Crippen LogP contribution >= 0.6 is 11.6 Å². The molecule has 2 aromatic carbocycles. The number of methoxy groups -OCH3 is 1. The van der Waals surface area contributed by atoms with Gasteiger partial charge in [-0.3, -0.25) is 4.79 Å². The van der Waals surface area contributed by atoms with Gasteiger partial charge in [0.05, 0.1) is 7.11 Å². The highest BCUT2D eigenvalue weighted by Gasteiger charge is 2.19. The minimum absolute atomic E-state index is 0.0271. The summed E-state index contributed by atoms with van der Waals surface area (Å²) in [5, 5.41) is 4.05. The number of halogens is 1. The first kappa shape index (κ1) is 16.4. The molecule has 5 heteroatoms. The Labute approximate surface area is 145 Å². The Hall–Kier alpha value is -2.46. The Morgan fingerprint density at radius 2 is 1.96 bits per heavy atom. The maximum atomic E-state index is 11.6. The van der Waals surface area contributed by atoms with Crippen LogP contribution in [0, 0.1) is 0 Å². The first-order valence-electron chi connectivity index (χ1n) is 7.75. The van der Waals surface area contributed by atoms with E-state index in [0.29, 0.717) is 6.54 Å². The number of rotatable bonds is 6. The Morgan fingerprint density at radius 1 is 1.21 bits per heavy atom. The standard InChI is InChI=1S/C19H19ClN2O2/c1-24-14-8-6-13(7-9-14)16(11-22-19(23)10-20)17-12-21-18-5-3-2-4-15(17)18/h2-9,12,16,21H,10-11H2,1H3,(H,22,23)/t16-/m0/s1. The molecule has 0 fully saturated rings. The average molecular weight is 343 g/mol. The second-order valence-electron chi connectivity index (χ2n) is 5.55. The number of nitrogens with one attached hydrogen (secondary N) is 2. The Morgan fingerprint density at radius 3 is 2.67 bits per heavy atom. The number of carbonyl (C=O) groups is 1. The molecule has 1 amide bonds. The molecule has 0 aliphatic carbocycles. The van der Waals surface area contributed by atoms with Gasteiger partial charge in [-0.15, -0.1) is 11.6 Å². The lowest BCUT2D eigenvalue weighted by Gasteiger charge is -2.18. The molecule has 0 aliphatic heterocycles. The van der Waals surface area contributed by atoms with Crippen LogP contribution in [0.15, 0.2) is 54.7 Å². The number of fused-ring (bicyclic) bond motifs is 1. The Kier molecular flexibility index (Phi) is 5.06. The van der Waals surface area contributed by atoms with E-state index in [1.807, 2.05) is 48.7 Å². The lowest BCUT2D eigenvalue weighted by atomic mass is 9.91. The summed E-state index contributed by atoms with van der Waals surface area (Å²) >= 11 is 5.61. The van der Waals surface area contributed by atoms with Gasteiger partial charge in [-0.05, 0) is 29.3 Å². The zero-order valence-corrected chi connectivity index (χ0v) is 14.1. The minimum atomic E-state index is -0.171. The van der Waals surface area contributed by atoms with Gasteiger partial charge in [0.15, 0.2) is 0 Å². The topological polar surface area (TPSA) is 54.1 Å². The highest BCUT2D eigenvalue weighted by molar-refractivity contribution is 6.27. The van der Waals surface area contributed by atoms with Crippen molar-refractivity contribution in [3.8, 4) is 5.75 Å². The molecule has 0 spiro atoms. The van der Waals surface area contributed by atoms with Gasteiger partial charge >= 0.3 is 0 Å². The van der Waals surface area contributed by atoms with E-state index in [2.05, 4.69) is 16.4 Å². The van der Waals surface area contributed by atoms with E-state index in [1.54, 1.807) is 7.11 Å². The molecule has 0 unspecified atom stereocenters. The Balaban J connectivity index is 1.98. The third-order valence-electron chi connectivity index (χ3n) is 4.14.